The number of phenols is 1. The molecule has 3 saturated heterocycles. The first kappa shape index (κ1) is 34.7. The fraction of sp³-hybridized carbons (Fsp3) is 0.341. The summed E-state index contributed by atoms with van der Waals surface area (Å²) in [5.41, 5.74) is 9.81. The summed E-state index contributed by atoms with van der Waals surface area (Å²) >= 11 is 0. The molecule has 0 unspecified atom stereocenters. The van der Waals surface area contributed by atoms with Crippen LogP contribution in [0, 0.1) is 5.92 Å². The van der Waals surface area contributed by atoms with Gasteiger partial charge in [0.25, 0.3) is 5.91 Å². The highest BCUT2D eigenvalue weighted by molar-refractivity contribution is 6.05. The average molecular weight is 710 g/mol. The Morgan fingerprint density at radius 1 is 0.717 bits per heavy atom. The van der Waals surface area contributed by atoms with E-state index in [1.54, 1.807) is 17.0 Å². The Balaban J connectivity index is 0.842. The van der Waals surface area contributed by atoms with E-state index in [-0.39, 0.29) is 29.9 Å². The van der Waals surface area contributed by atoms with Crippen LogP contribution in [-0.4, -0.2) is 84.5 Å². The normalized spacial score (nSPS) is 20.4. The Kier molecular flexibility index (Phi) is 9.75. The lowest BCUT2D eigenvalue weighted by atomic mass is 9.90. The zero-order valence-electron chi connectivity index (χ0n) is 30.3. The highest BCUT2D eigenvalue weighted by Gasteiger charge is 2.39. The summed E-state index contributed by atoms with van der Waals surface area (Å²) in [4.78, 5) is 46.4. The first-order valence-electron chi connectivity index (χ1n) is 19.0. The minimum absolute atomic E-state index is 0.125. The molecule has 0 bridgehead atoms. The average Bonchev–Trinajstić information content (AvgIpc) is 3.51. The van der Waals surface area contributed by atoms with E-state index in [4.69, 9.17) is 0 Å². The standard InChI is InChI=1S/C44H47N5O4/c1-30(32-5-3-2-4-6-32)42(34-9-14-38(50)15-10-34)33-7-11-36(12-8-33)47-21-19-31(20-22-47)28-46-23-25-48(26-24-46)37-13-16-39-35(27-37)29-49(44(39)53)40-17-18-41(51)45-43(40)52/h2-16,27,31,40,50H,17-26,28-29H2,1H3,(H,45,51,52)/b42-30+/t40-/m0/s1. The van der Waals surface area contributed by atoms with Crippen LogP contribution in [0.15, 0.2) is 97.1 Å². The SMILES string of the molecule is C/C(=C(\c1ccc(O)cc1)c1ccc(N2CCC(CN3CCN(c4ccc5c(c4)CN([C@H]4CCC(=O)NC4=O)C5=O)CC3)CC2)cc1)c1ccccc1. The number of imide groups is 1. The minimum Gasteiger partial charge on any atom is -0.508 e. The van der Waals surface area contributed by atoms with Gasteiger partial charge in [0.15, 0.2) is 0 Å². The van der Waals surface area contributed by atoms with Gasteiger partial charge in [-0.05, 0) is 108 Å². The second-order valence-corrected chi connectivity index (χ2v) is 14.9. The second-order valence-electron chi connectivity index (χ2n) is 14.9. The van der Waals surface area contributed by atoms with Gasteiger partial charge in [-0.15, -0.1) is 0 Å². The molecule has 3 amide bonds. The number of phenolic OH excluding ortho intramolecular Hbond substituents is 1. The molecular formula is C44H47N5O4. The van der Waals surface area contributed by atoms with Gasteiger partial charge in [-0.2, -0.15) is 0 Å². The first-order chi connectivity index (χ1) is 25.8. The Hall–Kier alpha value is -5.41. The number of carbonyl (C=O) groups is 3. The molecule has 0 spiro atoms. The third kappa shape index (κ3) is 7.31. The molecule has 9 nitrogen and oxygen atoms in total. The first-order valence-corrected chi connectivity index (χ1v) is 19.0. The Bertz CT molecular complexity index is 2010. The number of nitrogens with one attached hydrogen (secondary N) is 1. The molecule has 0 aliphatic carbocycles. The molecule has 272 valence electrons. The summed E-state index contributed by atoms with van der Waals surface area (Å²) in [6, 6.07) is 32.4. The van der Waals surface area contributed by atoms with Crippen molar-refractivity contribution < 1.29 is 19.5 Å². The molecule has 1 atom stereocenters. The lowest BCUT2D eigenvalue weighted by Gasteiger charge is -2.40. The van der Waals surface area contributed by atoms with Crippen molar-refractivity contribution in [2.24, 2.45) is 5.92 Å². The number of piperidine rings is 2. The topological polar surface area (TPSA) is 96.4 Å². The van der Waals surface area contributed by atoms with E-state index < -0.39 is 6.04 Å². The van der Waals surface area contributed by atoms with Gasteiger partial charge < -0.3 is 19.8 Å². The van der Waals surface area contributed by atoms with Crippen LogP contribution in [-0.2, 0) is 16.1 Å². The number of anilines is 2. The molecule has 9 heteroatoms. The van der Waals surface area contributed by atoms with Gasteiger partial charge >= 0.3 is 0 Å². The van der Waals surface area contributed by atoms with E-state index in [2.05, 4.69) is 81.5 Å². The number of allylic oxidation sites excluding steroid dienone is 1. The van der Waals surface area contributed by atoms with Gasteiger partial charge in [0.1, 0.15) is 11.8 Å². The number of hydrogen-bond acceptors (Lipinski definition) is 7. The van der Waals surface area contributed by atoms with Crippen molar-refractivity contribution in [3.63, 3.8) is 0 Å². The molecule has 53 heavy (non-hydrogen) atoms. The van der Waals surface area contributed by atoms with Gasteiger partial charge in [0.05, 0.1) is 0 Å². The number of fused-ring (bicyclic) bond motifs is 1. The van der Waals surface area contributed by atoms with Crippen LogP contribution in [0.3, 0.4) is 0 Å². The zero-order chi connectivity index (χ0) is 36.5. The summed E-state index contributed by atoms with van der Waals surface area (Å²) in [7, 11) is 0. The largest absolute Gasteiger partial charge is 0.508 e. The number of amides is 3. The number of benzene rings is 4. The maximum absolute atomic E-state index is 13.1. The third-order valence-corrected chi connectivity index (χ3v) is 11.6. The van der Waals surface area contributed by atoms with E-state index in [0.29, 0.717) is 24.4 Å². The maximum Gasteiger partial charge on any atom is 0.255 e. The highest BCUT2D eigenvalue weighted by Crippen LogP contribution is 2.35. The Labute approximate surface area is 311 Å². The third-order valence-electron chi connectivity index (χ3n) is 11.6. The quantitative estimate of drug-likeness (QED) is 0.167. The van der Waals surface area contributed by atoms with E-state index in [9.17, 15) is 19.5 Å². The second kappa shape index (κ2) is 14.9. The van der Waals surface area contributed by atoms with Crippen molar-refractivity contribution >= 4 is 40.2 Å². The summed E-state index contributed by atoms with van der Waals surface area (Å²) in [6.07, 6.45) is 2.99. The van der Waals surface area contributed by atoms with Gasteiger partial charge in [-0.25, -0.2) is 0 Å². The lowest BCUT2D eigenvalue weighted by molar-refractivity contribution is -0.136. The number of nitrogens with zero attached hydrogens (tertiary/aromatic N) is 4. The summed E-state index contributed by atoms with van der Waals surface area (Å²) in [6.45, 7) is 9.72. The molecule has 4 aliphatic rings. The smallest absolute Gasteiger partial charge is 0.255 e. The number of aromatic hydroxyl groups is 1. The molecule has 0 saturated carbocycles. The van der Waals surface area contributed by atoms with Crippen LogP contribution in [0.1, 0.15) is 65.2 Å². The fourth-order valence-electron chi connectivity index (χ4n) is 8.58. The van der Waals surface area contributed by atoms with Crippen LogP contribution >= 0.6 is 0 Å². The highest BCUT2D eigenvalue weighted by atomic mass is 16.3. The van der Waals surface area contributed by atoms with Gasteiger partial charge in [0, 0.05) is 75.7 Å². The van der Waals surface area contributed by atoms with Crippen molar-refractivity contribution in [1.82, 2.24) is 15.1 Å². The van der Waals surface area contributed by atoms with E-state index in [0.717, 1.165) is 68.2 Å². The summed E-state index contributed by atoms with van der Waals surface area (Å²) in [5.74, 6) is 0.179. The summed E-state index contributed by atoms with van der Waals surface area (Å²) in [5, 5.41) is 12.3. The van der Waals surface area contributed by atoms with Crippen LogP contribution in [0.2, 0.25) is 0 Å². The van der Waals surface area contributed by atoms with Gasteiger partial charge in [-0.1, -0.05) is 54.6 Å². The Morgan fingerprint density at radius 3 is 2.04 bits per heavy atom. The predicted octanol–water partition coefficient (Wildman–Crippen LogP) is 6.17. The van der Waals surface area contributed by atoms with Crippen molar-refractivity contribution in [2.75, 3.05) is 55.6 Å². The number of rotatable bonds is 8. The van der Waals surface area contributed by atoms with E-state index in [1.807, 2.05) is 30.3 Å². The molecule has 4 aromatic carbocycles. The number of hydrogen-bond donors (Lipinski definition) is 2. The molecule has 0 aromatic heterocycles. The van der Waals surface area contributed by atoms with Crippen LogP contribution < -0.4 is 15.1 Å². The molecule has 3 fully saturated rings. The van der Waals surface area contributed by atoms with Crippen molar-refractivity contribution in [1.29, 1.82) is 0 Å². The van der Waals surface area contributed by atoms with E-state index >= 15 is 0 Å². The molecule has 0 radical (unpaired) electrons. The molecule has 8 rings (SSSR count). The van der Waals surface area contributed by atoms with Crippen molar-refractivity contribution in [2.45, 2.75) is 45.2 Å². The number of piperazine rings is 1. The van der Waals surface area contributed by atoms with Crippen LogP contribution in [0.5, 0.6) is 5.75 Å². The van der Waals surface area contributed by atoms with Crippen LogP contribution in [0.25, 0.3) is 11.1 Å². The van der Waals surface area contributed by atoms with Gasteiger partial charge in [-0.3, -0.25) is 24.6 Å². The van der Waals surface area contributed by atoms with Gasteiger partial charge in [0.2, 0.25) is 11.8 Å². The minimum atomic E-state index is -0.588. The van der Waals surface area contributed by atoms with E-state index in [1.165, 1.54) is 35.2 Å². The molecule has 4 aromatic rings. The lowest BCUT2D eigenvalue weighted by Crippen LogP contribution is -2.52. The zero-order valence-corrected chi connectivity index (χ0v) is 30.3. The predicted molar refractivity (Wildman–Crippen MR) is 209 cm³/mol. The maximum atomic E-state index is 13.1. The number of carbonyl (C=O) groups excluding carboxylic acids is 3. The monoisotopic (exact) mass is 709 g/mol. The molecular weight excluding hydrogens is 663 g/mol. The summed E-state index contributed by atoms with van der Waals surface area (Å²) < 4.78 is 0. The van der Waals surface area contributed by atoms with Crippen molar-refractivity contribution in [3.05, 3.63) is 125 Å². The van der Waals surface area contributed by atoms with Crippen LogP contribution in [0.4, 0.5) is 11.4 Å². The molecule has 2 N–H and O–H groups in total. The molecule has 4 heterocycles. The van der Waals surface area contributed by atoms with Crippen molar-refractivity contribution in [3.8, 4) is 5.75 Å². The Morgan fingerprint density at radius 2 is 1.36 bits per heavy atom. The fourth-order valence-corrected chi connectivity index (χ4v) is 8.58. The molecule has 4 aliphatic heterocycles.